The first kappa shape index (κ1) is 47.5. The molecule has 18 heteroatoms. The summed E-state index contributed by atoms with van der Waals surface area (Å²) >= 11 is 12.9. The largest absolute Gasteiger partial charge is 0.480 e. The number of carbonyl (C=O) groups is 5. The number of aromatic nitrogens is 2. The standard InChI is InChI=1S/C51H59Cl2FN8O7/c1-59-39-25-29(12-17-37(39)62(49(59)69)38-18-19-41(63)57-45(38)64)7-6-22-60-23-24-61(40(28-60)47(66)67)27-30-10-14-32(15-11-30)55-46(65)44-42(33-8-5-9-35(53)43(33)54)51(50(58-44)20-3-2-4-21-50)34-16-13-31(52)26-36(34)56-48(51)68/h5,8-9,12-13,16-17,25-26,30,32,38,40,42,44,58H,2-4,6-7,10-11,14-15,18-24,27-28H2,1H3,(H,55,65)(H,56,68)(H,66,67)(H,57,63,64)/t30?,32?,38?,40-,42-,44+,51+/m0/s1. The van der Waals surface area contributed by atoms with Gasteiger partial charge in [-0.15, -0.1) is 0 Å². The second-order valence-electron chi connectivity index (χ2n) is 20.3. The number of carboxylic acids is 1. The van der Waals surface area contributed by atoms with E-state index in [1.807, 2.05) is 24.3 Å². The Hall–Kier alpha value is -5.13. The first-order valence-electron chi connectivity index (χ1n) is 24.6. The molecule has 3 saturated heterocycles. The molecule has 4 amide bonds. The van der Waals surface area contributed by atoms with Crippen LogP contribution in [-0.2, 0) is 42.9 Å². The van der Waals surface area contributed by atoms with E-state index in [-0.39, 0.29) is 58.8 Å². The predicted molar refractivity (Wildman–Crippen MR) is 259 cm³/mol. The number of aryl methyl sites for hydroxylation is 2. The zero-order chi connectivity index (χ0) is 48.4. The smallest absolute Gasteiger partial charge is 0.329 e. The number of nitrogens with one attached hydrogen (secondary N) is 4. The van der Waals surface area contributed by atoms with Crippen molar-refractivity contribution in [2.75, 3.05) is 38.0 Å². The van der Waals surface area contributed by atoms with Crippen molar-refractivity contribution < 1.29 is 33.5 Å². The molecule has 0 radical (unpaired) electrons. The minimum Gasteiger partial charge on any atom is -0.480 e. The molecule has 2 aliphatic carbocycles. The normalized spacial score (nSPS) is 28.3. The number of anilines is 1. The third-order valence-corrected chi connectivity index (χ3v) is 17.0. The quantitative estimate of drug-likeness (QED) is 0.115. The van der Waals surface area contributed by atoms with Gasteiger partial charge in [0.05, 0.1) is 22.1 Å². The number of hydrogen-bond donors (Lipinski definition) is 5. The fourth-order valence-corrected chi connectivity index (χ4v) is 13.5. The van der Waals surface area contributed by atoms with Crippen molar-refractivity contribution in [1.29, 1.82) is 0 Å². The van der Waals surface area contributed by atoms with Gasteiger partial charge in [-0.2, -0.15) is 0 Å². The molecule has 5 N–H and O–H groups in total. The number of aliphatic carboxylic acids is 1. The Morgan fingerprint density at radius 1 is 0.913 bits per heavy atom. The number of fused-ring (bicyclic) bond motifs is 4. The zero-order valence-electron chi connectivity index (χ0n) is 38.7. The highest BCUT2D eigenvalue weighted by Crippen LogP contribution is 2.63. The van der Waals surface area contributed by atoms with Gasteiger partial charge in [0.2, 0.25) is 23.6 Å². The van der Waals surface area contributed by atoms with E-state index in [0.29, 0.717) is 79.2 Å². The van der Waals surface area contributed by atoms with Crippen LogP contribution in [0, 0.1) is 11.7 Å². The van der Waals surface area contributed by atoms with E-state index in [2.05, 4.69) is 31.1 Å². The minimum absolute atomic E-state index is 0.0746. The Labute approximate surface area is 409 Å². The highest BCUT2D eigenvalue weighted by Gasteiger charge is 2.72. The number of imide groups is 1. The molecule has 5 atom stereocenters. The maximum absolute atomic E-state index is 16.4. The molecular weight excluding hydrogens is 927 g/mol. The Kier molecular flexibility index (Phi) is 13.0. The summed E-state index contributed by atoms with van der Waals surface area (Å²) in [6, 6.07) is 13.4. The highest BCUT2D eigenvalue weighted by molar-refractivity contribution is 6.31. The van der Waals surface area contributed by atoms with Crippen molar-refractivity contribution in [3.05, 3.63) is 97.6 Å². The van der Waals surface area contributed by atoms with E-state index >= 15 is 4.39 Å². The van der Waals surface area contributed by atoms with E-state index in [1.54, 1.807) is 31.3 Å². The molecular formula is C51H59Cl2FN8O7. The SMILES string of the molecule is Cn1c(=O)n(C2CCC(=O)NC2=O)c2ccc(CCCN3CCN(CC4CCC(NC(=O)[C@@H]5NC6(CCCCC6)[C@@]6(C(=O)Nc7cc(Cl)ccc76)[C@H]5c5cccc(Cl)c5F)CC4)[C@H](C(=O)O)C3)cc21. The number of nitrogens with zero attached hydrogens (tertiary/aromatic N) is 4. The lowest BCUT2D eigenvalue weighted by Crippen LogP contribution is -2.60. The highest BCUT2D eigenvalue weighted by atomic mass is 35.5. The fraction of sp³-hybridized carbons (Fsp3) is 0.529. The lowest BCUT2D eigenvalue weighted by Gasteiger charge is -2.47. The average Bonchev–Trinajstić information content (AvgIpc) is 3.88. The maximum atomic E-state index is 16.4. The summed E-state index contributed by atoms with van der Waals surface area (Å²) in [5, 5.41) is 23.3. The van der Waals surface area contributed by atoms with E-state index in [0.717, 1.165) is 57.1 Å². The monoisotopic (exact) mass is 984 g/mol. The molecule has 4 aromatic rings. The first-order chi connectivity index (χ1) is 33.2. The molecule has 366 valence electrons. The third-order valence-electron chi connectivity index (χ3n) is 16.5. The summed E-state index contributed by atoms with van der Waals surface area (Å²) in [7, 11) is 1.68. The summed E-state index contributed by atoms with van der Waals surface area (Å²) < 4.78 is 19.4. The van der Waals surface area contributed by atoms with Crippen LogP contribution in [-0.4, -0.2) is 110 Å². The second kappa shape index (κ2) is 18.9. The van der Waals surface area contributed by atoms with Gasteiger partial charge in [0.1, 0.15) is 23.3 Å². The maximum Gasteiger partial charge on any atom is 0.329 e. The predicted octanol–water partition coefficient (Wildman–Crippen LogP) is 5.79. The van der Waals surface area contributed by atoms with E-state index in [4.69, 9.17) is 23.2 Å². The number of benzene rings is 3. The van der Waals surface area contributed by atoms with Gasteiger partial charge in [0.25, 0.3) is 0 Å². The zero-order valence-corrected chi connectivity index (χ0v) is 40.2. The molecule has 5 heterocycles. The van der Waals surface area contributed by atoms with Crippen molar-refractivity contribution in [1.82, 2.24) is 34.9 Å². The van der Waals surface area contributed by atoms with Gasteiger partial charge in [0.15, 0.2) is 0 Å². The van der Waals surface area contributed by atoms with Gasteiger partial charge in [-0.25, -0.2) is 9.18 Å². The van der Waals surface area contributed by atoms with Crippen molar-refractivity contribution >= 4 is 69.5 Å². The molecule has 2 saturated carbocycles. The lowest BCUT2D eigenvalue weighted by atomic mass is 9.55. The van der Waals surface area contributed by atoms with Crippen molar-refractivity contribution in [2.45, 2.75) is 125 Å². The fourth-order valence-electron chi connectivity index (χ4n) is 13.2. The first-order valence-corrected chi connectivity index (χ1v) is 25.3. The van der Waals surface area contributed by atoms with Crippen LogP contribution in [0.2, 0.25) is 10.0 Å². The topological polar surface area (TPSA) is 187 Å². The number of halogens is 3. The number of imidazole rings is 1. The summed E-state index contributed by atoms with van der Waals surface area (Å²) in [6.45, 7) is 3.12. The van der Waals surface area contributed by atoms with E-state index in [9.17, 15) is 33.9 Å². The van der Waals surface area contributed by atoms with Crippen LogP contribution in [0.3, 0.4) is 0 Å². The van der Waals surface area contributed by atoms with Gasteiger partial charge in [-0.3, -0.25) is 53.5 Å². The van der Waals surface area contributed by atoms with Crippen molar-refractivity contribution in [3.8, 4) is 0 Å². The van der Waals surface area contributed by atoms with E-state index in [1.165, 1.54) is 15.2 Å². The van der Waals surface area contributed by atoms with Crippen LogP contribution < -0.4 is 27.0 Å². The van der Waals surface area contributed by atoms with Crippen LogP contribution in [0.5, 0.6) is 0 Å². The Bertz CT molecular complexity index is 2780. The molecule has 0 bridgehead atoms. The molecule has 6 aliphatic rings. The molecule has 1 aromatic heterocycles. The number of piperazine rings is 1. The Morgan fingerprint density at radius 2 is 1.70 bits per heavy atom. The third kappa shape index (κ3) is 8.37. The molecule has 15 nitrogen and oxygen atoms in total. The molecule has 2 spiro atoms. The van der Waals surface area contributed by atoms with Crippen LogP contribution in [0.15, 0.2) is 59.4 Å². The summed E-state index contributed by atoms with van der Waals surface area (Å²) in [5.74, 6) is -3.51. The average molecular weight is 986 g/mol. The van der Waals surface area contributed by atoms with Crippen LogP contribution in [0.1, 0.15) is 106 Å². The molecule has 5 fully saturated rings. The summed E-state index contributed by atoms with van der Waals surface area (Å²) in [4.78, 5) is 84.1. The number of carboxylic acid groups (broad SMARTS) is 1. The molecule has 69 heavy (non-hydrogen) atoms. The van der Waals surface area contributed by atoms with E-state index < -0.39 is 52.7 Å². The van der Waals surface area contributed by atoms with Crippen LogP contribution in [0.4, 0.5) is 10.1 Å². The van der Waals surface area contributed by atoms with Crippen molar-refractivity contribution in [2.24, 2.45) is 13.0 Å². The number of hydrogen-bond acceptors (Lipinski definition) is 9. The van der Waals surface area contributed by atoms with Gasteiger partial charge in [-0.05, 0) is 117 Å². The number of piperidine rings is 1. The van der Waals surface area contributed by atoms with Gasteiger partial charge >= 0.3 is 11.7 Å². The molecule has 1 unspecified atom stereocenters. The number of carbonyl (C=O) groups excluding carboxylic acids is 4. The summed E-state index contributed by atoms with van der Waals surface area (Å²) in [5.41, 5.74) is 1.43. The molecule has 3 aromatic carbocycles. The Balaban J connectivity index is 0.767. The van der Waals surface area contributed by atoms with Crippen LogP contribution in [0.25, 0.3) is 11.0 Å². The number of rotatable bonds is 11. The summed E-state index contributed by atoms with van der Waals surface area (Å²) in [6.07, 6.45) is 8.93. The Morgan fingerprint density at radius 3 is 2.45 bits per heavy atom. The van der Waals surface area contributed by atoms with Crippen LogP contribution >= 0.6 is 23.2 Å². The minimum atomic E-state index is -1.31. The van der Waals surface area contributed by atoms with Gasteiger partial charge in [-0.1, -0.05) is 66.7 Å². The number of amides is 4. The lowest BCUT2D eigenvalue weighted by molar-refractivity contribution is -0.146. The second-order valence-corrected chi connectivity index (χ2v) is 21.2. The molecule has 4 aliphatic heterocycles. The van der Waals surface area contributed by atoms with Crippen molar-refractivity contribution in [3.63, 3.8) is 0 Å². The van der Waals surface area contributed by atoms with Gasteiger partial charge < -0.3 is 15.7 Å². The molecule has 10 rings (SSSR count). The van der Waals surface area contributed by atoms with Gasteiger partial charge in [0, 0.05) is 67.9 Å².